The standard InChI is InChI=1S/C22H29N3O2/c1-18-7-9-19(10-8-18)15-23-21(25-20-5-3-2-4-6-20)24-16-22(11-13-26)12-14-27-17-22/h2-10,26H,11-17H2,1H3,(H2,23,24,25). The minimum Gasteiger partial charge on any atom is -0.396 e. The van der Waals surface area contributed by atoms with Crippen molar-refractivity contribution in [1.29, 1.82) is 0 Å². The van der Waals surface area contributed by atoms with Gasteiger partial charge in [0.25, 0.3) is 0 Å². The lowest BCUT2D eigenvalue weighted by Crippen LogP contribution is -2.41. The molecule has 1 aliphatic heterocycles. The first-order chi connectivity index (χ1) is 13.2. The Morgan fingerprint density at radius 3 is 2.59 bits per heavy atom. The van der Waals surface area contributed by atoms with E-state index in [1.165, 1.54) is 11.1 Å². The molecule has 2 aromatic carbocycles. The van der Waals surface area contributed by atoms with Gasteiger partial charge in [-0.05, 0) is 37.5 Å². The molecule has 1 aliphatic rings. The monoisotopic (exact) mass is 367 g/mol. The molecule has 1 heterocycles. The van der Waals surface area contributed by atoms with Crippen LogP contribution in [0.2, 0.25) is 0 Å². The van der Waals surface area contributed by atoms with Gasteiger partial charge in [-0.15, -0.1) is 0 Å². The molecule has 0 bridgehead atoms. The lowest BCUT2D eigenvalue weighted by atomic mass is 9.84. The molecule has 3 N–H and O–H groups in total. The molecule has 144 valence electrons. The van der Waals surface area contributed by atoms with Crippen molar-refractivity contribution in [3.63, 3.8) is 0 Å². The van der Waals surface area contributed by atoms with Gasteiger partial charge in [-0.25, -0.2) is 4.99 Å². The summed E-state index contributed by atoms with van der Waals surface area (Å²) in [5, 5.41) is 16.3. The zero-order valence-corrected chi connectivity index (χ0v) is 15.9. The predicted molar refractivity (Wildman–Crippen MR) is 110 cm³/mol. The summed E-state index contributed by atoms with van der Waals surface area (Å²) in [6.45, 7) is 5.01. The molecule has 5 nitrogen and oxygen atoms in total. The first kappa shape index (κ1) is 19.4. The minimum absolute atomic E-state index is 0.0300. The van der Waals surface area contributed by atoms with Crippen molar-refractivity contribution in [1.82, 2.24) is 5.32 Å². The zero-order valence-electron chi connectivity index (χ0n) is 15.9. The van der Waals surface area contributed by atoms with Crippen LogP contribution in [0.4, 0.5) is 5.69 Å². The van der Waals surface area contributed by atoms with Crippen molar-refractivity contribution in [3.05, 3.63) is 65.7 Å². The topological polar surface area (TPSA) is 65.9 Å². The molecule has 1 unspecified atom stereocenters. The highest BCUT2D eigenvalue weighted by molar-refractivity contribution is 5.93. The number of nitrogens with zero attached hydrogens (tertiary/aromatic N) is 1. The fraction of sp³-hybridized carbons (Fsp3) is 0.409. The molecule has 0 saturated carbocycles. The van der Waals surface area contributed by atoms with Gasteiger partial charge in [-0.1, -0.05) is 48.0 Å². The number of rotatable bonds is 7. The highest BCUT2D eigenvalue weighted by Gasteiger charge is 2.34. The van der Waals surface area contributed by atoms with Crippen LogP contribution in [0, 0.1) is 12.3 Å². The molecule has 5 heteroatoms. The number of hydrogen-bond acceptors (Lipinski definition) is 3. The normalized spacial score (nSPS) is 19.9. The molecule has 0 aliphatic carbocycles. The number of guanidine groups is 1. The quantitative estimate of drug-likeness (QED) is 0.519. The Bertz CT molecular complexity index is 723. The summed E-state index contributed by atoms with van der Waals surface area (Å²) in [6, 6.07) is 18.5. The van der Waals surface area contributed by atoms with Crippen molar-refractivity contribution in [2.45, 2.75) is 26.3 Å². The molecule has 0 amide bonds. The van der Waals surface area contributed by atoms with E-state index in [0.717, 1.165) is 37.6 Å². The third-order valence-electron chi connectivity index (χ3n) is 5.03. The summed E-state index contributed by atoms with van der Waals surface area (Å²) in [7, 11) is 0. The molecule has 3 rings (SSSR count). The van der Waals surface area contributed by atoms with E-state index >= 15 is 0 Å². The predicted octanol–water partition coefficient (Wildman–Crippen LogP) is 3.34. The Kier molecular flexibility index (Phi) is 6.85. The van der Waals surface area contributed by atoms with Crippen LogP contribution in [-0.2, 0) is 11.3 Å². The van der Waals surface area contributed by atoms with Crippen LogP contribution < -0.4 is 10.6 Å². The molecule has 27 heavy (non-hydrogen) atoms. The van der Waals surface area contributed by atoms with Crippen LogP contribution in [0.5, 0.6) is 0 Å². The van der Waals surface area contributed by atoms with E-state index in [4.69, 9.17) is 9.73 Å². The van der Waals surface area contributed by atoms with Crippen LogP contribution >= 0.6 is 0 Å². The Hall–Kier alpha value is -2.37. The summed E-state index contributed by atoms with van der Waals surface area (Å²) in [6.07, 6.45) is 1.69. The number of ether oxygens (including phenoxy) is 1. The van der Waals surface area contributed by atoms with Crippen LogP contribution in [0.1, 0.15) is 24.0 Å². The molecule has 1 fully saturated rings. The van der Waals surface area contributed by atoms with Gasteiger partial charge in [0.05, 0.1) is 13.2 Å². The van der Waals surface area contributed by atoms with E-state index in [-0.39, 0.29) is 12.0 Å². The largest absolute Gasteiger partial charge is 0.396 e. The zero-order chi connectivity index (χ0) is 19.0. The minimum atomic E-state index is -0.0300. The van der Waals surface area contributed by atoms with Crippen molar-refractivity contribution in [3.8, 4) is 0 Å². The fourth-order valence-corrected chi connectivity index (χ4v) is 3.24. The molecule has 1 atom stereocenters. The maximum atomic E-state index is 9.44. The van der Waals surface area contributed by atoms with Gasteiger partial charge in [0.1, 0.15) is 0 Å². The van der Waals surface area contributed by atoms with Gasteiger partial charge in [0.15, 0.2) is 5.96 Å². The Labute approximate surface area is 161 Å². The van der Waals surface area contributed by atoms with E-state index < -0.39 is 0 Å². The van der Waals surface area contributed by atoms with E-state index in [1.807, 2.05) is 30.3 Å². The Morgan fingerprint density at radius 1 is 1.15 bits per heavy atom. The fourth-order valence-electron chi connectivity index (χ4n) is 3.24. The second-order valence-corrected chi connectivity index (χ2v) is 7.27. The molecular formula is C22H29N3O2. The number of anilines is 1. The Balaban J connectivity index is 1.70. The van der Waals surface area contributed by atoms with Crippen LogP contribution in [-0.4, -0.2) is 37.4 Å². The second-order valence-electron chi connectivity index (χ2n) is 7.27. The molecule has 0 spiro atoms. The van der Waals surface area contributed by atoms with Gasteiger partial charge in [-0.2, -0.15) is 0 Å². The van der Waals surface area contributed by atoms with Gasteiger partial charge in [0.2, 0.25) is 0 Å². The molecule has 2 aromatic rings. The molecular weight excluding hydrogens is 338 g/mol. The third kappa shape index (κ3) is 5.81. The van der Waals surface area contributed by atoms with Gasteiger partial charge >= 0.3 is 0 Å². The van der Waals surface area contributed by atoms with E-state index in [9.17, 15) is 5.11 Å². The average Bonchev–Trinajstić information content (AvgIpc) is 3.15. The van der Waals surface area contributed by atoms with Gasteiger partial charge in [-0.3, -0.25) is 0 Å². The van der Waals surface area contributed by atoms with Crippen molar-refractivity contribution in [2.75, 3.05) is 31.7 Å². The average molecular weight is 367 g/mol. The number of aliphatic hydroxyl groups excluding tert-OH is 1. The Morgan fingerprint density at radius 2 is 1.93 bits per heavy atom. The molecule has 0 radical (unpaired) electrons. The van der Waals surface area contributed by atoms with E-state index in [2.05, 4.69) is 41.8 Å². The maximum absolute atomic E-state index is 9.44. The second kappa shape index (κ2) is 9.53. The smallest absolute Gasteiger partial charge is 0.196 e. The SMILES string of the molecule is Cc1ccc(CN=C(NCC2(CCO)CCOC2)Nc2ccccc2)cc1. The number of aryl methyl sites for hydroxylation is 1. The maximum Gasteiger partial charge on any atom is 0.196 e. The summed E-state index contributed by atoms with van der Waals surface area (Å²) in [4.78, 5) is 4.76. The third-order valence-corrected chi connectivity index (χ3v) is 5.03. The summed E-state index contributed by atoms with van der Waals surface area (Å²) in [5.41, 5.74) is 3.38. The number of aliphatic imine (C=N–C) groups is 1. The number of benzene rings is 2. The lowest BCUT2D eigenvalue weighted by molar-refractivity contribution is 0.128. The summed E-state index contributed by atoms with van der Waals surface area (Å²) >= 11 is 0. The number of aliphatic hydroxyl groups is 1. The summed E-state index contributed by atoms with van der Waals surface area (Å²) < 4.78 is 5.59. The first-order valence-electron chi connectivity index (χ1n) is 9.54. The van der Waals surface area contributed by atoms with Gasteiger partial charge in [0, 0.05) is 30.9 Å². The van der Waals surface area contributed by atoms with Crippen LogP contribution in [0.3, 0.4) is 0 Å². The number of hydrogen-bond donors (Lipinski definition) is 3. The van der Waals surface area contributed by atoms with Crippen molar-refractivity contribution in [2.24, 2.45) is 10.4 Å². The molecule has 1 saturated heterocycles. The lowest BCUT2D eigenvalue weighted by Gasteiger charge is -2.27. The number of nitrogens with one attached hydrogen (secondary N) is 2. The van der Waals surface area contributed by atoms with E-state index in [0.29, 0.717) is 13.2 Å². The van der Waals surface area contributed by atoms with Crippen molar-refractivity contribution < 1.29 is 9.84 Å². The summed E-state index contributed by atoms with van der Waals surface area (Å²) in [5.74, 6) is 0.742. The highest BCUT2D eigenvalue weighted by atomic mass is 16.5. The molecule has 0 aromatic heterocycles. The number of para-hydroxylation sites is 1. The van der Waals surface area contributed by atoms with Crippen molar-refractivity contribution >= 4 is 11.6 Å². The van der Waals surface area contributed by atoms with Crippen LogP contribution in [0.25, 0.3) is 0 Å². The first-order valence-corrected chi connectivity index (χ1v) is 9.54. The van der Waals surface area contributed by atoms with Gasteiger partial charge < -0.3 is 20.5 Å². The van der Waals surface area contributed by atoms with Crippen LogP contribution in [0.15, 0.2) is 59.6 Å². The van der Waals surface area contributed by atoms with E-state index in [1.54, 1.807) is 0 Å². The highest BCUT2D eigenvalue weighted by Crippen LogP contribution is 2.31.